The van der Waals surface area contributed by atoms with Gasteiger partial charge in [0.15, 0.2) is 4.75 Å². The van der Waals surface area contributed by atoms with Crippen LogP contribution in [0.15, 0.2) is 78.9 Å². The van der Waals surface area contributed by atoms with Crippen molar-refractivity contribution in [1.82, 2.24) is 4.98 Å². The third-order valence-corrected chi connectivity index (χ3v) is 8.28. The second-order valence-electron chi connectivity index (χ2n) is 5.40. The van der Waals surface area contributed by atoms with E-state index in [-0.39, 0.29) is 0 Å². The molecule has 1 aromatic heterocycles. The van der Waals surface area contributed by atoms with Crippen LogP contribution in [-0.4, -0.2) is 4.98 Å². The Bertz CT molecular complexity index is 1030. The molecule has 3 aromatic carbocycles. The van der Waals surface area contributed by atoms with Crippen molar-refractivity contribution >= 4 is 61.6 Å². The van der Waals surface area contributed by atoms with Crippen molar-refractivity contribution in [3.8, 4) is 5.75 Å². The highest BCUT2D eigenvalue weighted by molar-refractivity contribution is 14.1. The van der Waals surface area contributed by atoms with Gasteiger partial charge < -0.3 is 4.52 Å². The Labute approximate surface area is 163 Å². The number of fused-ring (bicyclic) bond motifs is 1. The molecule has 0 radical (unpaired) electrons. The van der Waals surface area contributed by atoms with Gasteiger partial charge in [0.2, 0.25) is 0 Å². The van der Waals surface area contributed by atoms with Gasteiger partial charge in [-0.2, -0.15) is 0 Å². The first-order valence-corrected chi connectivity index (χ1v) is 11.1. The number of benzene rings is 3. The standard InChI is InChI=1S/C19H13INO2PS/c20-14-10-12-15(13-11-14)23-24(22,16-6-2-1-3-7-16)19-21-17-8-4-5-9-18(17)25-19/h1-13H. The Kier molecular flexibility index (Phi) is 4.63. The lowest BCUT2D eigenvalue weighted by Gasteiger charge is -2.17. The minimum absolute atomic E-state index is 0.512. The third-order valence-electron chi connectivity index (χ3n) is 3.68. The largest absolute Gasteiger partial charge is 0.435 e. The van der Waals surface area contributed by atoms with Crippen LogP contribution in [0.2, 0.25) is 0 Å². The van der Waals surface area contributed by atoms with Crippen LogP contribution in [0.25, 0.3) is 10.2 Å². The molecule has 0 aliphatic heterocycles. The molecule has 0 aliphatic carbocycles. The molecule has 1 atom stereocenters. The van der Waals surface area contributed by atoms with Crippen molar-refractivity contribution in [2.75, 3.05) is 0 Å². The minimum atomic E-state index is -3.33. The zero-order chi connectivity index (χ0) is 17.3. The summed E-state index contributed by atoms with van der Waals surface area (Å²) < 4.78 is 22.6. The molecule has 6 heteroatoms. The number of halogens is 1. The fourth-order valence-electron chi connectivity index (χ4n) is 2.46. The molecule has 3 nitrogen and oxygen atoms in total. The van der Waals surface area contributed by atoms with Gasteiger partial charge in [-0.3, -0.25) is 4.57 Å². The molecule has 1 unspecified atom stereocenters. The summed E-state index contributed by atoms with van der Waals surface area (Å²) >= 11 is 3.65. The van der Waals surface area contributed by atoms with E-state index in [9.17, 15) is 4.57 Å². The second kappa shape index (κ2) is 6.90. The van der Waals surface area contributed by atoms with Gasteiger partial charge in [-0.25, -0.2) is 4.98 Å². The van der Waals surface area contributed by atoms with Crippen LogP contribution in [0, 0.1) is 3.57 Å². The summed E-state index contributed by atoms with van der Waals surface area (Å²) in [6.45, 7) is 0. The summed E-state index contributed by atoms with van der Waals surface area (Å²) in [4.78, 5) is 4.60. The maximum absolute atomic E-state index is 14.0. The molecule has 0 fully saturated rings. The number of para-hydroxylation sites is 1. The van der Waals surface area contributed by atoms with E-state index in [1.807, 2.05) is 78.9 Å². The zero-order valence-corrected chi connectivity index (χ0v) is 16.9. The van der Waals surface area contributed by atoms with E-state index in [0.29, 0.717) is 15.8 Å². The van der Waals surface area contributed by atoms with Gasteiger partial charge in [-0.05, 0) is 71.1 Å². The van der Waals surface area contributed by atoms with Crippen LogP contribution in [-0.2, 0) is 4.57 Å². The molecule has 4 rings (SSSR count). The zero-order valence-electron chi connectivity index (χ0n) is 13.0. The van der Waals surface area contributed by atoms with Crippen molar-refractivity contribution in [1.29, 1.82) is 0 Å². The molecule has 0 N–H and O–H groups in total. The fourth-order valence-corrected chi connectivity index (χ4v) is 6.35. The summed E-state index contributed by atoms with van der Waals surface area (Å²) in [5.74, 6) is 0.576. The SMILES string of the molecule is O=P(Oc1ccc(I)cc1)(c1ccccc1)c1nc2ccccc2s1. The smallest absolute Gasteiger partial charge is 0.334 e. The molecular formula is C19H13INO2PS. The van der Waals surface area contributed by atoms with Crippen molar-refractivity contribution < 1.29 is 9.09 Å². The first kappa shape index (κ1) is 16.8. The van der Waals surface area contributed by atoms with Crippen LogP contribution in [0.4, 0.5) is 0 Å². The summed E-state index contributed by atoms with van der Waals surface area (Å²) in [7, 11) is -3.33. The normalized spacial score (nSPS) is 13.5. The molecule has 0 saturated heterocycles. The van der Waals surface area contributed by atoms with Crippen molar-refractivity contribution in [3.05, 3.63) is 82.4 Å². The molecule has 0 bridgehead atoms. The van der Waals surface area contributed by atoms with Gasteiger partial charge in [0.05, 0.1) is 15.5 Å². The lowest BCUT2D eigenvalue weighted by Crippen LogP contribution is -2.19. The Morgan fingerprint density at radius 3 is 2.28 bits per heavy atom. The molecule has 4 aromatic rings. The van der Waals surface area contributed by atoms with E-state index < -0.39 is 7.37 Å². The monoisotopic (exact) mass is 477 g/mol. The van der Waals surface area contributed by atoms with Crippen LogP contribution < -0.4 is 14.6 Å². The highest BCUT2D eigenvalue weighted by Gasteiger charge is 2.34. The van der Waals surface area contributed by atoms with Gasteiger partial charge in [0.1, 0.15) is 5.75 Å². The maximum Gasteiger partial charge on any atom is 0.334 e. The lowest BCUT2D eigenvalue weighted by molar-refractivity contribution is 0.502. The van der Waals surface area contributed by atoms with Crippen LogP contribution in [0.3, 0.4) is 0 Å². The van der Waals surface area contributed by atoms with Gasteiger partial charge in [-0.15, -0.1) is 11.3 Å². The van der Waals surface area contributed by atoms with Crippen LogP contribution in [0.5, 0.6) is 5.75 Å². The van der Waals surface area contributed by atoms with Crippen molar-refractivity contribution in [2.24, 2.45) is 0 Å². The van der Waals surface area contributed by atoms with E-state index >= 15 is 0 Å². The van der Waals surface area contributed by atoms with E-state index in [1.165, 1.54) is 11.3 Å². The van der Waals surface area contributed by atoms with Gasteiger partial charge in [-0.1, -0.05) is 30.3 Å². The summed E-state index contributed by atoms with van der Waals surface area (Å²) in [5.41, 5.74) is 0.838. The van der Waals surface area contributed by atoms with E-state index in [0.717, 1.165) is 13.8 Å². The Hall–Kier alpha value is -1.69. The third kappa shape index (κ3) is 3.36. The quantitative estimate of drug-likeness (QED) is 0.300. The fraction of sp³-hybridized carbons (Fsp3) is 0. The molecule has 0 saturated carbocycles. The van der Waals surface area contributed by atoms with E-state index in [4.69, 9.17) is 4.52 Å². The Morgan fingerprint density at radius 1 is 0.880 bits per heavy atom. The molecule has 0 spiro atoms. The minimum Gasteiger partial charge on any atom is -0.435 e. The number of aromatic nitrogens is 1. The highest BCUT2D eigenvalue weighted by atomic mass is 127. The number of nitrogens with zero attached hydrogens (tertiary/aromatic N) is 1. The molecule has 0 amide bonds. The highest BCUT2D eigenvalue weighted by Crippen LogP contribution is 2.46. The number of thiazole rings is 1. The average molecular weight is 477 g/mol. The molecule has 1 heterocycles. The van der Waals surface area contributed by atoms with Gasteiger partial charge >= 0.3 is 7.37 Å². The van der Waals surface area contributed by atoms with Crippen LogP contribution in [0.1, 0.15) is 0 Å². The predicted molar refractivity (Wildman–Crippen MR) is 113 cm³/mol. The maximum atomic E-state index is 14.0. The number of hydrogen-bond acceptors (Lipinski definition) is 4. The predicted octanol–water partition coefficient (Wildman–Crippen LogP) is 5.21. The molecule has 25 heavy (non-hydrogen) atoms. The van der Waals surface area contributed by atoms with E-state index in [2.05, 4.69) is 27.6 Å². The number of rotatable bonds is 4. The first-order chi connectivity index (χ1) is 12.1. The lowest BCUT2D eigenvalue weighted by atomic mass is 10.3. The molecular weight excluding hydrogens is 464 g/mol. The van der Waals surface area contributed by atoms with Crippen LogP contribution >= 0.6 is 41.3 Å². The van der Waals surface area contributed by atoms with Crippen molar-refractivity contribution in [3.63, 3.8) is 0 Å². The first-order valence-electron chi connectivity index (χ1n) is 7.62. The number of hydrogen-bond donors (Lipinski definition) is 0. The second-order valence-corrected chi connectivity index (χ2v) is 10.2. The molecule has 124 valence electrons. The summed E-state index contributed by atoms with van der Waals surface area (Å²) in [5, 5.41) is 0.646. The summed E-state index contributed by atoms with van der Waals surface area (Å²) in [6, 6.07) is 24.6. The van der Waals surface area contributed by atoms with Gasteiger partial charge in [0.25, 0.3) is 0 Å². The average Bonchev–Trinajstić information content (AvgIpc) is 3.09. The topological polar surface area (TPSA) is 39.2 Å². The Morgan fingerprint density at radius 2 is 1.56 bits per heavy atom. The Balaban J connectivity index is 1.86. The summed E-state index contributed by atoms with van der Waals surface area (Å²) in [6.07, 6.45) is 0. The van der Waals surface area contributed by atoms with Crippen molar-refractivity contribution in [2.45, 2.75) is 0 Å². The van der Waals surface area contributed by atoms with E-state index in [1.54, 1.807) is 0 Å². The molecule has 0 aliphatic rings. The van der Waals surface area contributed by atoms with Gasteiger partial charge in [0, 0.05) is 3.57 Å².